The van der Waals surface area contributed by atoms with E-state index in [4.69, 9.17) is 0 Å². The Labute approximate surface area is 122 Å². The molecule has 0 atom stereocenters. The maximum absolute atomic E-state index is 11.6. The number of sulfone groups is 1. The predicted molar refractivity (Wildman–Crippen MR) is 78.3 cm³/mol. The highest BCUT2D eigenvalue weighted by molar-refractivity contribution is 7.91. The molecule has 1 N–H and O–H groups in total. The van der Waals surface area contributed by atoms with Crippen LogP contribution in [0, 0.1) is 10.1 Å². The number of hydrogen-bond donors (Lipinski definition) is 1. The fourth-order valence-corrected chi connectivity index (χ4v) is 3.39. The van der Waals surface area contributed by atoms with Gasteiger partial charge < -0.3 is 10.2 Å². The summed E-state index contributed by atoms with van der Waals surface area (Å²) in [6.45, 7) is 3.07. The molecule has 1 aromatic heterocycles. The fraction of sp³-hybridized carbons (Fsp3) is 0.636. The van der Waals surface area contributed by atoms with Crippen molar-refractivity contribution in [2.45, 2.75) is 13.3 Å². The van der Waals surface area contributed by atoms with Gasteiger partial charge in [-0.05, 0) is 13.3 Å². The minimum atomic E-state index is -3.08. The highest BCUT2D eigenvalue weighted by Crippen LogP contribution is 2.27. The molecule has 2 heterocycles. The van der Waals surface area contributed by atoms with Crippen molar-refractivity contribution in [3.8, 4) is 0 Å². The Morgan fingerprint density at radius 1 is 1.43 bits per heavy atom. The Morgan fingerprint density at radius 3 is 2.86 bits per heavy atom. The molecule has 1 aromatic rings. The van der Waals surface area contributed by atoms with Crippen molar-refractivity contribution < 1.29 is 13.3 Å². The lowest BCUT2D eigenvalue weighted by molar-refractivity contribution is -0.384. The van der Waals surface area contributed by atoms with Crippen molar-refractivity contribution in [1.29, 1.82) is 0 Å². The summed E-state index contributed by atoms with van der Waals surface area (Å²) >= 11 is 0. The summed E-state index contributed by atoms with van der Waals surface area (Å²) in [4.78, 5) is 20.3. The highest BCUT2D eigenvalue weighted by atomic mass is 32.2. The second-order valence-electron chi connectivity index (χ2n) is 4.68. The Bertz CT molecular complexity index is 634. The van der Waals surface area contributed by atoms with Gasteiger partial charge in [0, 0.05) is 19.6 Å². The molecule has 10 heteroatoms. The summed E-state index contributed by atoms with van der Waals surface area (Å²) in [5.41, 5.74) is -0.212. The van der Waals surface area contributed by atoms with Crippen LogP contribution in [-0.4, -0.2) is 54.4 Å². The van der Waals surface area contributed by atoms with Gasteiger partial charge in [0.2, 0.25) is 11.8 Å². The third-order valence-electron chi connectivity index (χ3n) is 3.14. The maximum Gasteiger partial charge on any atom is 0.329 e. The summed E-state index contributed by atoms with van der Waals surface area (Å²) in [6.07, 6.45) is 1.58. The number of nitrogens with zero attached hydrogens (tertiary/aromatic N) is 4. The Hall–Kier alpha value is -1.97. The van der Waals surface area contributed by atoms with Crippen LogP contribution in [-0.2, 0) is 9.84 Å². The van der Waals surface area contributed by atoms with E-state index in [0.29, 0.717) is 25.5 Å². The third-order valence-corrected chi connectivity index (χ3v) is 4.85. The van der Waals surface area contributed by atoms with Gasteiger partial charge in [-0.2, -0.15) is 4.98 Å². The highest BCUT2D eigenvalue weighted by Gasteiger charge is 2.26. The van der Waals surface area contributed by atoms with E-state index in [1.807, 2.05) is 6.92 Å². The lowest BCUT2D eigenvalue weighted by Gasteiger charge is -2.20. The smallest absolute Gasteiger partial charge is 0.329 e. The van der Waals surface area contributed by atoms with Crippen molar-refractivity contribution in [2.24, 2.45) is 0 Å². The molecule has 0 aromatic carbocycles. The van der Waals surface area contributed by atoms with Crippen LogP contribution in [0.1, 0.15) is 13.3 Å². The van der Waals surface area contributed by atoms with Crippen LogP contribution < -0.4 is 10.2 Å². The monoisotopic (exact) mass is 315 g/mol. The maximum atomic E-state index is 11.6. The summed E-state index contributed by atoms with van der Waals surface area (Å²) < 4.78 is 23.3. The molecule has 0 aliphatic carbocycles. The second-order valence-corrected chi connectivity index (χ2v) is 6.99. The molecule has 0 radical (unpaired) electrons. The van der Waals surface area contributed by atoms with E-state index in [9.17, 15) is 18.5 Å². The standard InChI is InChI=1S/C11H17N5O4S/c1-2-12-11-13-8-9(16(17)18)10(14-11)15-4-3-6-21(19,20)7-5-15/h8H,2-7H2,1H3,(H,12,13,14). The van der Waals surface area contributed by atoms with Crippen molar-refractivity contribution >= 4 is 27.3 Å². The average Bonchev–Trinajstić information content (AvgIpc) is 2.60. The number of rotatable bonds is 4. The molecular weight excluding hydrogens is 298 g/mol. The number of aromatic nitrogens is 2. The van der Waals surface area contributed by atoms with E-state index in [0.717, 1.165) is 6.20 Å². The van der Waals surface area contributed by atoms with Crippen molar-refractivity contribution in [2.75, 3.05) is 41.4 Å². The molecular formula is C11H17N5O4S. The second kappa shape index (κ2) is 6.20. The molecule has 116 valence electrons. The lowest BCUT2D eigenvalue weighted by atomic mass is 10.3. The molecule has 2 rings (SSSR count). The van der Waals surface area contributed by atoms with E-state index in [1.54, 1.807) is 4.90 Å². The molecule has 1 aliphatic heterocycles. The molecule has 0 saturated carbocycles. The van der Waals surface area contributed by atoms with Crippen LogP contribution in [0.25, 0.3) is 0 Å². The molecule has 0 unspecified atom stereocenters. The van der Waals surface area contributed by atoms with Gasteiger partial charge in [0.25, 0.3) is 0 Å². The van der Waals surface area contributed by atoms with Gasteiger partial charge in [0.05, 0.1) is 16.4 Å². The minimum absolute atomic E-state index is 0.0231. The molecule has 1 saturated heterocycles. The van der Waals surface area contributed by atoms with E-state index in [1.165, 1.54) is 0 Å². The first-order chi connectivity index (χ1) is 9.93. The first-order valence-electron chi connectivity index (χ1n) is 6.63. The van der Waals surface area contributed by atoms with Crippen molar-refractivity contribution in [3.63, 3.8) is 0 Å². The van der Waals surface area contributed by atoms with E-state index in [-0.39, 0.29) is 29.6 Å². The minimum Gasteiger partial charge on any atom is -0.354 e. The van der Waals surface area contributed by atoms with Gasteiger partial charge >= 0.3 is 5.69 Å². The Kier molecular flexibility index (Phi) is 4.56. The van der Waals surface area contributed by atoms with Crippen LogP contribution >= 0.6 is 0 Å². The number of nitrogens with one attached hydrogen (secondary N) is 1. The fourth-order valence-electron chi connectivity index (χ4n) is 2.12. The SMILES string of the molecule is CCNc1ncc([N+](=O)[O-])c(N2CCCS(=O)(=O)CC2)n1. The van der Waals surface area contributed by atoms with Crippen LogP contribution in [0.3, 0.4) is 0 Å². The predicted octanol–water partition coefficient (Wildman–Crippen LogP) is 0.441. The zero-order chi connectivity index (χ0) is 15.5. The molecule has 0 spiro atoms. The summed E-state index contributed by atoms with van der Waals surface area (Å²) in [5, 5.41) is 14.0. The molecule has 21 heavy (non-hydrogen) atoms. The quantitative estimate of drug-likeness (QED) is 0.628. The molecule has 0 bridgehead atoms. The van der Waals surface area contributed by atoms with E-state index in [2.05, 4.69) is 15.3 Å². The van der Waals surface area contributed by atoms with Crippen LogP contribution in [0.5, 0.6) is 0 Å². The first kappa shape index (κ1) is 15.4. The molecule has 1 fully saturated rings. The van der Waals surface area contributed by atoms with Gasteiger partial charge in [-0.15, -0.1) is 0 Å². The van der Waals surface area contributed by atoms with Crippen molar-refractivity contribution in [1.82, 2.24) is 9.97 Å². The molecule has 0 amide bonds. The number of anilines is 2. The van der Waals surface area contributed by atoms with E-state index >= 15 is 0 Å². The van der Waals surface area contributed by atoms with Crippen LogP contribution in [0.2, 0.25) is 0 Å². The summed E-state index contributed by atoms with van der Waals surface area (Å²) in [7, 11) is -3.08. The topological polar surface area (TPSA) is 118 Å². The Balaban J connectivity index is 2.35. The third kappa shape index (κ3) is 3.78. The largest absolute Gasteiger partial charge is 0.354 e. The van der Waals surface area contributed by atoms with Crippen LogP contribution in [0.4, 0.5) is 17.5 Å². The lowest BCUT2D eigenvalue weighted by Crippen LogP contribution is -2.28. The van der Waals surface area contributed by atoms with Gasteiger partial charge in [-0.25, -0.2) is 13.4 Å². The zero-order valence-corrected chi connectivity index (χ0v) is 12.5. The van der Waals surface area contributed by atoms with Crippen LogP contribution in [0.15, 0.2) is 6.20 Å². The van der Waals surface area contributed by atoms with Crippen molar-refractivity contribution in [3.05, 3.63) is 16.3 Å². The number of hydrogen-bond acceptors (Lipinski definition) is 8. The van der Waals surface area contributed by atoms with Gasteiger partial charge in [-0.3, -0.25) is 10.1 Å². The van der Waals surface area contributed by atoms with Gasteiger partial charge in [0.15, 0.2) is 9.84 Å². The molecule has 1 aliphatic rings. The van der Waals surface area contributed by atoms with Gasteiger partial charge in [-0.1, -0.05) is 0 Å². The van der Waals surface area contributed by atoms with Gasteiger partial charge in [0.1, 0.15) is 6.20 Å². The average molecular weight is 315 g/mol. The summed E-state index contributed by atoms with van der Waals surface area (Å²) in [5.74, 6) is 0.543. The normalized spacial score (nSPS) is 18.0. The number of nitro groups is 1. The summed E-state index contributed by atoms with van der Waals surface area (Å²) in [6, 6.07) is 0. The first-order valence-corrected chi connectivity index (χ1v) is 8.46. The van der Waals surface area contributed by atoms with E-state index < -0.39 is 14.8 Å². The molecule has 9 nitrogen and oxygen atoms in total. The Morgan fingerprint density at radius 2 is 2.19 bits per heavy atom. The zero-order valence-electron chi connectivity index (χ0n) is 11.7.